The summed E-state index contributed by atoms with van der Waals surface area (Å²) >= 11 is 2.91. The van der Waals surface area contributed by atoms with E-state index < -0.39 is 23.0 Å². The number of hydrogen-bond acceptors (Lipinski definition) is 10. The molecule has 0 aromatic carbocycles. The van der Waals surface area contributed by atoms with Crippen LogP contribution in [0.25, 0.3) is 10.2 Å². The molecule has 10 heteroatoms. The van der Waals surface area contributed by atoms with Crippen LogP contribution in [-0.2, 0) is 14.3 Å². The van der Waals surface area contributed by atoms with Gasteiger partial charge in [-0.15, -0.1) is 17.9 Å². The van der Waals surface area contributed by atoms with Crippen LogP contribution in [0, 0.1) is 34.0 Å². The Morgan fingerprint density at radius 3 is 2.64 bits per heavy atom. The van der Waals surface area contributed by atoms with Crippen molar-refractivity contribution in [3.8, 4) is 0 Å². The monoisotopic (exact) mass is 654 g/mol. The number of rotatable bonds is 7. The lowest BCUT2D eigenvalue weighted by Crippen LogP contribution is -2.63. The van der Waals surface area contributed by atoms with Gasteiger partial charge < -0.3 is 19.6 Å². The highest BCUT2D eigenvalue weighted by molar-refractivity contribution is 7.99. The minimum atomic E-state index is -0.677. The molecule has 2 bridgehead atoms. The molecule has 3 saturated carbocycles. The first-order valence-corrected chi connectivity index (χ1v) is 18.5. The predicted molar refractivity (Wildman–Crippen MR) is 182 cm³/mol. The molecule has 246 valence electrons. The fourth-order valence-corrected chi connectivity index (χ4v) is 11.0. The number of piperidine rings is 1. The van der Waals surface area contributed by atoms with Crippen molar-refractivity contribution < 1.29 is 19.4 Å². The second-order valence-corrected chi connectivity index (χ2v) is 16.8. The third kappa shape index (κ3) is 5.45. The van der Waals surface area contributed by atoms with Crippen LogP contribution >= 0.6 is 23.1 Å². The number of thioether (sulfide) groups is 1. The highest BCUT2D eigenvalue weighted by Gasteiger charge is 2.68. The third-order valence-corrected chi connectivity index (χ3v) is 14.3. The Balaban J connectivity index is 1.24. The number of aliphatic hydroxyl groups excluding tert-OH is 1. The Kier molecular flexibility index (Phi) is 8.94. The summed E-state index contributed by atoms with van der Waals surface area (Å²) in [5.74, 6) is 0.860. The molecule has 4 fully saturated rings. The normalized spacial score (nSPS) is 37.4. The Morgan fingerprint density at radius 1 is 1.22 bits per heavy atom. The number of aromatic nitrogens is 2. The van der Waals surface area contributed by atoms with Gasteiger partial charge in [0.1, 0.15) is 22.5 Å². The minimum Gasteiger partial charge on any atom is -0.461 e. The Morgan fingerprint density at radius 2 is 1.96 bits per heavy atom. The van der Waals surface area contributed by atoms with Crippen LogP contribution in [0.2, 0.25) is 0 Å². The van der Waals surface area contributed by atoms with Gasteiger partial charge in [0.25, 0.3) is 0 Å². The molecule has 1 saturated heterocycles. The number of carbonyl (C=O) groups is 2. The number of Topliss-reactive ketones (excluding diaryl/α,β-unsaturated/α-hetero) is 1. The zero-order valence-corrected chi connectivity index (χ0v) is 29.4. The van der Waals surface area contributed by atoms with E-state index in [-0.39, 0.29) is 40.7 Å². The number of anilines is 1. The van der Waals surface area contributed by atoms with E-state index in [2.05, 4.69) is 62.7 Å². The molecule has 0 unspecified atom stereocenters. The van der Waals surface area contributed by atoms with Gasteiger partial charge in [-0.2, -0.15) is 0 Å². The second-order valence-electron chi connectivity index (χ2n) is 15.0. The summed E-state index contributed by atoms with van der Waals surface area (Å²) in [6.45, 7) is 14.5. The molecule has 2 aromatic rings. The van der Waals surface area contributed by atoms with Crippen molar-refractivity contribution in [1.82, 2.24) is 14.9 Å². The van der Waals surface area contributed by atoms with Gasteiger partial charge in [0.2, 0.25) is 0 Å². The number of fused-ring (bicyclic) bond motifs is 1. The number of aliphatic hydroxyl groups is 1. The van der Waals surface area contributed by atoms with E-state index in [1.54, 1.807) is 11.3 Å². The predicted octanol–water partition coefficient (Wildman–Crippen LogP) is 6.22. The molecule has 3 aliphatic carbocycles. The van der Waals surface area contributed by atoms with E-state index >= 15 is 0 Å². The molecule has 0 spiro atoms. The summed E-state index contributed by atoms with van der Waals surface area (Å²) in [5.41, 5.74) is -1.46. The van der Waals surface area contributed by atoms with Gasteiger partial charge in [-0.25, -0.2) is 9.97 Å². The minimum absolute atomic E-state index is 0.0526. The SMILES string of the molecule is C=C[C@]1(C)C[C@@H](OC(=O)CSc2nc(N3CCC(N(C)C)CC3)c3ccsc3n2)[C@]2(C)[C@H](C)CC[C@]3(CCC(=O)[C@H]32)[C@@H](C)[C@@H]1O. The number of ketones is 1. The van der Waals surface area contributed by atoms with Crippen LogP contribution in [-0.4, -0.2) is 82.9 Å². The Hall–Kier alpha value is -2.01. The quantitative estimate of drug-likeness (QED) is 0.162. The smallest absolute Gasteiger partial charge is 0.316 e. The molecular formula is C35H50N4O4S2. The van der Waals surface area contributed by atoms with Crippen LogP contribution in [0.15, 0.2) is 29.3 Å². The summed E-state index contributed by atoms with van der Waals surface area (Å²) in [6, 6.07) is 2.66. The van der Waals surface area contributed by atoms with Gasteiger partial charge in [0.05, 0.1) is 17.2 Å². The van der Waals surface area contributed by atoms with E-state index in [1.165, 1.54) is 11.8 Å². The van der Waals surface area contributed by atoms with Crippen LogP contribution in [0.1, 0.15) is 72.6 Å². The molecular weight excluding hydrogens is 605 g/mol. The maximum Gasteiger partial charge on any atom is 0.316 e. The van der Waals surface area contributed by atoms with E-state index in [9.17, 15) is 14.7 Å². The molecule has 45 heavy (non-hydrogen) atoms. The molecule has 0 radical (unpaired) electrons. The first kappa shape index (κ1) is 32.9. The van der Waals surface area contributed by atoms with Crippen molar-refractivity contribution in [2.45, 2.75) is 96.0 Å². The number of ether oxygens (including phenoxy) is 1. The summed E-state index contributed by atoms with van der Waals surface area (Å²) in [4.78, 5) is 42.8. The molecule has 8 atom stereocenters. The zero-order chi connectivity index (χ0) is 32.3. The highest BCUT2D eigenvalue weighted by Crippen LogP contribution is 2.68. The highest BCUT2D eigenvalue weighted by atomic mass is 32.2. The fraction of sp³-hybridized carbons (Fsp3) is 0.714. The average Bonchev–Trinajstić information content (AvgIpc) is 3.65. The van der Waals surface area contributed by atoms with Gasteiger partial charge in [-0.1, -0.05) is 45.5 Å². The van der Waals surface area contributed by atoms with Crippen molar-refractivity contribution >= 4 is 50.9 Å². The Bertz CT molecular complexity index is 1460. The number of hydrogen-bond donors (Lipinski definition) is 1. The zero-order valence-electron chi connectivity index (χ0n) is 27.8. The van der Waals surface area contributed by atoms with Crippen molar-refractivity contribution in [2.24, 2.45) is 34.0 Å². The second kappa shape index (κ2) is 12.2. The fourth-order valence-electron chi connectivity index (χ4n) is 9.54. The summed E-state index contributed by atoms with van der Waals surface area (Å²) in [6.07, 6.45) is 6.43. The number of nitrogens with zero attached hydrogens (tertiary/aromatic N) is 4. The maximum absolute atomic E-state index is 13.7. The van der Waals surface area contributed by atoms with Gasteiger partial charge in [0, 0.05) is 42.3 Å². The van der Waals surface area contributed by atoms with Crippen molar-refractivity contribution in [3.63, 3.8) is 0 Å². The molecule has 3 heterocycles. The standard InChI is InChI=1S/C35H50N4O4S2/c1-8-33(4)19-26(34(5)21(2)9-14-35(22(3)29(33)42)15-10-25(40)28(34)35)43-27(41)20-45-32-36-30(24-13-18-44-31(24)37-32)39-16-11-23(12-17-39)38(6)7/h8,13,18,21-23,26,28-29,42H,1,9-12,14-17,19-20H2,2-7H3/t21-,22+,26-,28+,29+,33-,34+,35+/m1/s1. The average molecular weight is 655 g/mol. The van der Waals surface area contributed by atoms with Gasteiger partial charge >= 0.3 is 5.97 Å². The van der Waals surface area contributed by atoms with Crippen LogP contribution < -0.4 is 4.90 Å². The lowest BCUT2D eigenvalue weighted by Gasteiger charge is -2.61. The topological polar surface area (TPSA) is 95.9 Å². The van der Waals surface area contributed by atoms with Crippen molar-refractivity contribution in [2.75, 3.05) is 37.8 Å². The van der Waals surface area contributed by atoms with Crippen LogP contribution in [0.4, 0.5) is 5.82 Å². The summed E-state index contributed by atoms with van der Waals surface area (Å²) < 4.78 is 6.46. The molecule has 8 nitrogen and oxygen atoms in total. The molecule has 1 N–H and O–H groups in total. The van der Waals surface area contributed by atoms with Crippen LogP contribution in [0.3, 0.4) is 0 Å². The molecule has 4 aliphatic rings. The van der Waals surface area contributed by atoms with Gasteiger partial charge in [0.15, 0.2) is 5.16 Å². The molecule has 2 aromatic heterocycles. The Labute approximate surface area is 276 Å². The number of thiophene rings is 1. The summed E-state index contributed by atoms with van der Waals surface area (Å²) in [7, 11) is 4.29. The van der Waals surface area contributed by atoms with Crippen LogP contribution in [0.5, 0.6) is 0 Å². The third-order valence-electron chi connectivity index (χ3n) is 12.7. The van der Waals surface area contributed by atoms with Gasteiger partial charge in [-0.3, -0.25) is 9.59 Å². The summed E-state index contributed by atoms with van der Waals surface area (Å²) in [5, 5.41) is 15.5. The van der Waals surface area contributed by atoms with Crippen molar-refractivity contribution in [1.29, 1.82) is 0 Å². The first-order valence-electron chi connectivity index (χ1n) is 16.7. The number of esters is 1. The first-order chi connectivity index (χ1) is 21.3. The molecule has 6 rings (SSSR count). The lowest BCUT2D eigenvalue weighted by atomic mass is 9.44. The van der Waals surface area contributed by atoms with Crippen molar-refractivity contribution in [3.05, 3.63) is 24.1 Å². The van der Waals surface area contributed by atoms with E-state index in [4.69, 9.17) is 14.7 Å². The largest absolute Gasteiger partial charge is 0.461 e. The van der Waals surface area contributed by atoms with E-state index in [0.717, 1.165) is 61.2 Å². The lowest BCUT2D eigenvalue weighted by molar-refractivity contribution is -0.205. The van der Waals surface area contributed by atoms with E-state index in [1.807, 2.05) is 13.0 Å². The molecule has 0 amide bonds. The van der Waals surface area contributed by atoms with E-state index in [0.29, 0.717) is 24.0 Å². The maximum atomic E-state index is 13.7. The molecule has 1 aliphatic heterocycles. The number of carbonyl (C=O) groups excluding carboxylic acids is 2. The van der Waals surface area contributed by atoms with Gasteiger partial charge in [-0.05, 0) is 81.3 Å².